The summed E-state index contributed by atoms with van der Waals surface area (Å²) >= 11 is 3.58. The maximum atomic E-state index is 5.90. The smallest absolute Gasteiger partial charge is 0.201 e. The van der Waals surface area contributed by atoms with Gasteiger partial charge in [-0.2, -0.15) is 0 Å². The van der Waals surface area contributed by atoms with E-state index in [1.54, 1.807) is 0 Å². The van der Waals surface area contributed by atoms with Gasteiger partial charge in [-0.05, 0) is 51.9 Å². The highest BCUT2D eigenvalue weighted by Gasteiger charge is 2.20. The van der Waals surface area contributed by atoms with Gasteiger partial charge in [0.1, 0.15) is 10.3 Å². The Morgan fingerprint density at radius 3 is 2.00 bits per heavy atom. The normalized spacial score (nSPS) is 11.9. The number of nitrogens with two attached hydrogens (primary N) is 1. The number of halogens is 1. The van der Waals surface area contributed by atoms with Crippen LogP contribution in [0.4, 0.5) is 5.95 Å². The predicted octanol–water partition coefficient (Wildman–Crippen LogP) is 4.35. The highest BCUT2D eigenvalue weighted by Crippen LogP contribution is 2.36. The van der Waals surface area contributed by atoms with Gasteiger partial charge in [-0.1, -0.05) is 32.9 Å². The lowest BCUT2D eigenvalue weighted by molar-refractivity contribution is 0.589. The van der Waals surface area contributed by atoms with Crippen molar-refractivity contribution in [3.63, 3.8) is 0 Å². The molecule has 2 rings (SSSR count). The molecule has 0 saturated heterocycles. The van der Waals surface area contributed by atoms with Gasteiger partial charge >= 0.3 is 0 Å². The molecule has 0 aliphatic heterocycles. The second-order valence-electron chi connectivity index (χ2n) is 6.40. The van der Waals surface area contributed by atoms with Crippen LogP contribution in [-0.2, 0) is 12.5 Å². The van der Waals surface area contributed by atoms with Crippen LogP contribution in [-0.4, -0.2) is 9.55 Å². The summed E-state index contributed by atoms with van der Waals surface area (Å²) in [6.07, 6.45) is 0. The summed E-state index contributed by atoms with van der Waals surface area (Å²) in [7, 11) is 1.91. The molecule has 108 valence electrons. The van der Waals surface area contributed by atoms with Crippen LogP contribution in [0.3, 0.4) is 0 Å². The van der Waals surface area contributed by atoms with Crippen LogP contribution >= 0.6 is 15.9 Å². The fourth-order valence-electron chi connectivity index (χ4n) is 2.42. The molecule has 0 saturated carbocycles. The molecule has 2 aromatic rings. The molecule has 1 heterocycles. The summed E-state index contributed by atoms with van der Waals surface area (Å²) in [6, 6.07) is 4.50. The van der Waals surface area contributed by atoms with Crippen LogP contribution in [0.15, 0.2) is 16.7 Å². The van der Waals surface area contributed by atoms with Crippen molar-refractivity contribution >= 4 is 21.9 Å². The van der Waals surface area contributed by atoms with E-state index in [9.17, 15) is 0 Å². The predicted molar refractivity (Wildman–Crippen MR) is 88.9 cm³/mol. The standard InChI is InChI=1S/C16H22BrN3/c1-9-7-11(16(3,4)5)8-10(2)12(9)13-14(17)20(6)15(18)19-13/h7-8H,1-6H3,(H2,18,19). The molecule has 1 aromatic heterocycles. The minimum atomic E-state index is 0.147. The minimum absolute atomic E-state index is 0.147. The van der Waals surface area contributed by atoms with Crippen molar-refractivity contribution in [3.05, 3.63) is 33.4 Å². The second kappa shape index (κ2) is 4.92. The Bertz CT molecular complexity index is 640. The number of benzene rings is 1. The average Bonchev–Trinajstić information content (AvgIpc) is 2.55. The van der Waals surface area contributed by atoms with Crippen molar-refractivity contribution in [2.45, 2.75) is 40.0 Å². The van der Waals surface area contributed by atoms with E-state index < -0.39 is 0 Å². The second-order valence-corrected chi connectivity index (χ2v) is 7.15. The monoisotopic (exact) mass is 335 g/mol. The molecule has 0 spiro atoms. The fraction of sp³-hybridized carbons (Fsp3) is 0.438. The summed E-state index contributed by atoms with van der Waals surface area (Å²) < 4.78 is 2.77. The van der Waals surface area contributed by atoms with Crippen molar-refractivity contribution in [1.82, 2.24) is 9.55 Å². The Morgan fingerprint density at radius 2 is 1.65 bits per heavy atom. The quantitative estimate of drug-likeness (QED) is 0.841. The number of hydrogen-bond donors (Lipinski definition) is 1. The third-order valence-electron chi connectivity index (χ3n) is 3.70. The lowest BCUT2D eigenvalue weighted by Gasteiger charge is -2.22. The Kier molecular flexibility index (Phi) is 3.71. The first kappa shape index (κ1) is 15.1. The zero-order valence-electron chi connectivity index (χ0n) is 13.0. The van der Waals surface area contributed by atoms with Crippen LogP contribution < -0.4 is 5.73 Å². The number of imidazole rings is 1. The van der Waals surface area contributed by atoms with E-state index in [-0.39, 0.29) is 5.41 Å². The van der Waals surface area contributed by atoms with E-state index in [1.165, 1.54) is 16.7 Å². The van der Waals surface area contributed by atoms with Gasteiger partial charge in [0, 0.05) is 12.6 Å². The fourth-order valence-corrected chi connectivity index (χ4v) is 2.89. The Labute approximate surface area is 129 Å². The molecule has 0 amide bonds. The third-order valence-corrected chi connectivity index (χ3v) is 4.60. The van der Waals surface area contributed by atoms with Gasteiger partial charge < -0.3 is 10.3 Å². The number of nitrogens with zero attached hydrogens (tertiary/aromatic N) is 2. The van der Waals surface area contributed by atoms with Gasteiger partial charge in [-0.15, -0.1) is 0 Å². The average molecular weight is 336 g/mol. The molecule has 0 aliphatic rings. The topological polar surface area (TPSA) is 43.8 Å². The Hall–Kier alpha value is -1.29. The maximum absolute atomic E-state index is 5.90. The first-order chi connectivity index (χ1) is 9.12. The van der Waals surface area contributed by atoms with E-state index >= 15 is 0 Å². The van der Waals surface area contributed by atoms with Crippen molar-refractivity contribution in [3.8, 4) is 11.3 Å². The molecule has 2 N–H and O–H groups in total. The number of hydrogen-bond acceptors (Lipinski definition) is 2. The summed E-state index contributed by atoms with van der Waals surface area (Å²) in [6.45, 7) is 11.0. The molecule has 0 aliphatic carbocycles. The first-order valence-corrected chi connectivity index (χ1v) is 7.52. The van der Waals surface area contributed by atoms with Crippen molar-refractivity contribution in [2.24, 2.45) is 7.05 Å². The van der Waals surface area contributed by atoms with Crippen molar-refractivity contribution in [1.29, 1.82) is 0 Å². The SMILES string of the molecule is Cc1cc(C(C)(C)C)cc(C)c1-c1nc(N)n(C)c1Br. The van der Waals surface area contributed by atoms with Crippen LogP contribution in [0.25, 0.3) is 11.3 Å². The third kappa shape index (κ3) is 2.49. The molecular weight excluding hydrogens is 314 g/mol. The van der Waals surface area contributed by atoms with Gasteiger partial charge in [0.2, 0.25) is 5.95 Å². The Morgan fingerprint density at radius 1 is 1.15 bits per heavy atom. The molecule has 0 atom stereocenters. The summed E-state index contributed by atoms with van der Waals surface area (Å²) in [5.74, 6) is 0.519. The lowest BCUT2D eigenvalue weighted by Crippen LogP contribution is -2.12. The van der Waals surface area contributed by atoms with E-state index in [1.807, 2.05) is 11.6 Å². The molecular formula is C16H22BrN3. The number of rotatable bonds is 1. The van der Waals surface area contributed by atoms with Crippen molar-refractivity contribution in [2.75, 3.05) is 5.73 Å². The van der Waals surface area contributed by atoms with Crippen LogP contribution in [0.5, 0.6) is 0 Å². The number of aryl methyl sites for hydroxylation is 2. The van der Waals surface area contributed by atoms with Crippen LogP contribution in [0, 0.1) is 13.8 Å². The molecule has 1 aromatic carbocycles. The highest BCUT2D eigenvalue weighted by atomic mass is 79.9. The van der Waals surface area contributed by atoms with Gasteiger partial charge in [0.25, 0.3) is 0 Å². The van der Waals surface area contributed by atoms with Crippen molar-refractivity contribution < 1.29 is 0 Å². The molecule has 3 nitrogen and oxygen atoms in total. The molecule has 0 radical (unpaired) electrons. The highest BCUT2D eigenvalue weighted by molar-refractivity contribution is 9.10. The Balaban J connectivity index is 2.67. The van der Waals surface area contributed by atoms with E-state index in [0.717, 1.165) is 15.9 Å². The molecule has 0 bridgehead atoms. The first-order valence-electron chi connectivity index (χ1n) is 6.72. The van der Waals surface area contributed by atoms with E-state index in [0.29, 0.717) is 5.95 Å². The summed E-state index contributed by atoms with van der Waals surface area (Å²) in [5.41, 5.74) is 11.9. The number of aromatic nitrogens is 2. The molecule has 0 unspecified atom stereocenters. The minimum Gasteiger partial charge on any atom is -0.369 e. The summed E-state index contributed by atoms with van der Waals surface area (Å²) in [4.78, 5) is 4.49. The molecule has 20 heavy (non-hydrogen) atoms. The van der Waals surface area contributed by atoms with Crippen LogP contribution in [0.1, 0.15) is 37.5 Å². The van der Waals surface area contributed by atoms with E-state index in [4.69, 9.17) is 5.73 Å². The number of nitrogen functional groups attached to an aromatic ring is 1. The van der Waals surface area contributed by atoms with Gasteiger partial charge in [0.05, 0.1) is 0 Å². The van der Waals surface area contributed by atoms with E-state index in [2.05, 4.69) is 67.7 Å². The van der Waals surface area contributed by atoms with Gasteiger partial charge in [-0.25, -0.2) is 4.98 Å². The maximum Gasteiger partial charge on any atom is 0.201 e. The molecule has 4 heteroatoms. The zero-order valence-corrected chi connectivity index (χ0v) is 14.6. The largest absolute Gasteiger partial charge is 0.369 e. The van der Waals surface area contributed by atoms with Gasteiger partial charge in [-0.3, -0.25) is 0 Å². The van der Waals surface area contributed by atoms with Crippen LogP contribution in [0.2, 0.25) is 0 Å². The van der Waals surface area contributed by atoms with Gasteiger partial charge in [0.15, 0.2) is 0 Å². The lowest BCUT2D eigenvalue weighted by atomic mass is 9.83. The summed E-state index contributed by atoms with van der Waals surface area (Å²) in [5, 5.41) is 0. The number of anilines is 1. The zero-order chi connectivity index (χ0) is 15.2. The molecule has 0 fully saturated rings.